The maximum absolute atomic E-state index is 12.2. The molecule has 19 heavy (non-hydrogen) atoms. The van der Waals surface area contributed by atoms with Crippen molar-refractivity contribution < 1.29 is 14.4 Å². The fraction of sp³-hybridized carbons (Fsp3) is 0.357. The Hall–Kier alpha value is -2.17. The van der Waals surface area contributed by atoms with Crippen molar-refractivity contribution in [3.05, 3.63) is 29.8 Å². The van der Waals surface area contributed by atoms with Crippen LogP contribution in [0.1, 0.15) is 19.4 Å². The molecule has 5 heteroatoms. The number of rotatable bonds is 3. The van der Waals surface area contributed by atoms with Crippen molar-refractivity contribution in [3.63, 3.8) is 0 Å². The van der Waals surface area contributed by atoms with Crippen molar-refractivity contribution in [2.45, 2.75) is 26.8 Å². The molecule has 1 atom stereocenters. The van der Waals surface area contributed by atoms with Gasteiger partial charge in [-0.05, 0) is 32.9 Å². The number of hydrogen-bond acceptors (Lipinski definition) is 3. The molecule has 0 spiro atoms. The fourth-order valence-electron chi connectivity index (χ4n) is 2.13. The third kappa shape index (κ3) is 2.36. The van der Waals surface area contributed by atoms with E-state index in [-0.39, 0.29) is 18.2 Å². The van der Waals surface area contributed by atoms with E-state index in [1.165, 1.54) is 11.8 Å². The van der Waals surface area contributed by atoms with Gasteiger partial charge in [0.05, 0.1) is 6.54 Å². The number of carbonyl (C=O) groups excluding carboxylic acids is 3. The minimum Gasteiger partial charge on any atom is -0.298 e. The zero-order valence-corrected chi connectivity index (χ0v) is 11.2. The lowest BCUT2D eigenvalue weighted by atomic mass is 10.2. The second-order valence-corrected chi connectivity index (χ2v) is 4.79. The topological polar surface area (TPSA) is 57.7 Å². The quantitative estimate of drug-likeness (QED) is 0.778. The lowest BCUT2D eigenvalue weighted by Gasteiger charge is -2.19. The van der Waals surface area contributed by atoms with E-state index in [0.29, 0.717) is 5.69 Å². The molecule has 0 unspecified atom stereocenters. The molecule has 0 aromatic heterocycles. The van der Waals surface area contributed by atoms with E-state index in [1.54, 1.807) is 19.1 Å². The summed E-state index contributed by atoms with van der Waals surface area (Å²) < 4.78 is 0. The minimum atomic E-state index is -0.574. The second kappa shape index (κ2) is 4.84. The zero-order chi connectivity index (χ0) is 14.2. The van der Waals surface area contributed by atoms with Gasteiger partial charge in [-0.15, -0.1) is 0 Å². The molecule has 2 rings (SSSR count). The van der Waals surface area contributed by atoms with Gasteiger partial charge in [0.15, 0.2) is 0 Å². The molecule has 1 aliphatic rings. The van der Waals surface area contributed by atoms with Gasteiger partial charge in [0.1, 0.15) is 11.8 Å². The number of carbonyl (C=O) groups is 3. The lowest BCUT2D eigenvalue weighted by molar-refractivity contribution is -0.130. The Morgan fingerprint density at radius 2 is 1.79 bits per heavy atom. The van der Waals surface area contributed by atoms with Crippen LogP contribution in [-0.2, 0) is 9.59 Å². The van der Waals surface area contributed by atoms with Crippen LogP contribution in [0.25, 0.3) is 0 Å². The summed E-state index contributed by atoms with van der Waals surface area (Å²) in [6, 6.07) is 6.36. The maximum Gasteiger partial charge on any atom is 0.332 e. The van der Waals surface area contributed by atoms with E-state index in [9.17, 15) is 14.4 Å². The van der Waals surface area contributed by atoms with Gasteiger partial charge in [-0.2, -0.15) is 0 Å². The van der Waals surface area contributed by atoms with Gasteiger partial charge < -0.3 is 0 Å². The van der Waals surface area contributed by atoms with Gasteiger partial charge in [-0.25, -0.2) is 4.79 Å². The van der Waals surface area contributed by atoms with Crippen molar-refractivity contribution in [3.8, 4) is 0 Å². The van der Waals surface area contributed by atoms with Crippen molar-refractivity contribution in [2.75, 3.05) is 11.4 Å². The molecule has 3 amide bonds. The molecule has 100 valence electrons. The number of hydrogen-bond donors (Lipinski definition) is 0. The van der Waals surface area contributed by atoms with Crippen LogP contribution in [0.2, 0.25) is 0 Å². The number of nitrogens with zero attached hydrogens (tertiary/aromatic N) is 2. The minimum absolute atomic E-state index is 0.162. The highest BCUT2D eigenvalue weighted by atomic mass is 16.2. The molecule has 0 radical (unpaired) electrons. The van der Waals surface area contributed by atoms with E-state index in [4.69, 9.17) is 0 Å². The molecule has 1 heterocycles. The summed E-state index contributed by atoms with van der Waals surface area (Å²) in [5, 5.41) is 0. The normalized spacial score (nSPS) is 19.2. The summed E-state index contributed by atoms with van der Waals surface area (Å²) in [6.45, 7) is 4.82. The van der Waals surface area contributed by atoms with Gasteiger partial charge in [-0.1, -0.05) is 17.7 Å². The van der Waals surface area contributed by atoms with Gasteiger partial charge >= 0.3 is 6.03 Å². The van der Waals surface area contributed by atoms with Crippen LogP contribution in [0.15, 0.2) is 24.3 Å². The Morgan fingerprint density at radius 3 is 2.32 bits per heavy atom. The summed E-state index contributed by atoms with van der Waals surface area (Å²) >= 11 is 0. The van der Waals surface area contributed by atoms with Crippen molar-refractivity contribution >= 4 is 23.4 Å². The van der Waals surface area contributed by atoms with Crippen molar-refractivity contribution in [1.29, 1.82) is 0 Å². The number of anilines is 1. The van der Waals surface area contributed by atoms with Crippen molar-refractivity contribution in [2.24, 2.45) is 0 Å². The lowest BCUT2D eigenvalue weighted by Crippen LogP contribution is -2.36. The van der Waals surface area contributed by atoms with E-state index in [0.717, 1.165) is 10.5 Å². The molecule has 1 saturated heterocycles. The fourth-order valence-corrected chi connectivity index (χ4v) is 2.13. The SMILES string of the molecule is CC(=O)CN1C(=O)[C@H](C)N(c2ccc(C)cc2)C1=O. The third-order valence-corrected chi connectivity index (χ3v) is 3.14. The molecule has 0 saturated carbocycles. The van der Waals surface area contributed by atoms with Gasteiger partial charge in [0.2, 0.25) is 0 Å². The second-order valence-electron chi connectivity index (χ2n) is 4.79. The Kier molecular flexibility index (Phi) is 3.38. The molecule has 0 N–H and O–H groups in total. The van der Waals surface area contributed by atoms with E-state index < -0.39 is 12.1 Å². The molecule has 5 nitrogen and oxygen atoms in total. The molecule has 1 aromatic rings. The van der Waals surface area contributed by atoms with Crippen LogP contribution in [0.4, 0.5) is 10.5 Å². The van der Waals surface area contributed by atoms with E-state index in [2.05, 4.69) is 0 Å². The van der Waals surface area contributed by atoms with Crippen LogP contribution in [0.5, 0.6) is 0 Å². The number of benzene rings is 1. The highest BCUT2D eigenvalue weighted by Gasteiger charge is 2.43. The number of urea groups is 1. The van der Waals surface area contributed by atoms with Crippen LogP contribution in [0.3, 0.4) is 0 Å². The first-order valence-electron chi connectivity index (χ1n) is 6.12. The summed E-state index contributed by atoms with van der Waals surface area (Å²) in [5.41, 5.74) is 1.75. The first-order valence-corrected chi connectivity index (χ1v) is 6.12. The summed E-state index contributed by atoms with van der Waals surface area (Å²) in [4.78, 5) is 37.8. The average Bonchev–Trinajstić information content (AvgIpc) is 2.55. The molecular weight excluding hydrogens is 244 g/mol. The van der Waals surface area contributed by atoms with Crippen LogP contribution < -0.4 is 4.90 Å². The predicted molar refractivity (Wildman–Crippen MR) is 70.9 cm³/mol. The molecule has 1 aliphatic heterocycles. The van der Waals surface area contributed by atoms with Gasteiger partial charge in [-0.3, -0.25) is 19.4 Å². The number of Topliss-reactive ketones (excluding diaryl/α,β-unsaturated/α-hetero) is 1. The summed E-state index contributed by atoms with van der Waals surface area (Å²) in [6.07, 6.45) is 0. The average molecular weight is 260 g/mol. The standard InChI is InChI=1S/C14H16N2O3/c1-9-4-6-12(7-5-9)16-11(3)13(18)15(14(16)19)8-10(2)17/h4-7,11H,8H2,1-3H3/t11-/m0/s1. The van der Waals surface area contributed by atoms with Crippen molar-refractivity contribution in [1.82, 2.24) is 4.90 Å². The number of imide groups is 1. The molecule has 1 fully saturated rings. The number of amides is 3. The zero-order valence-electron chi connectivity index (χ0n) is 11.2. The maximum atomic E-state index is 12.2. The number of aryl methyl sites for hydroxylation is 1. The molecule has 0 aliphatic carbocycles. The Morgan fingerprint density at radius 1 is 1.21 bits per heavy atom. The Bertz CT molecular complexity index is 536. The predicted octanol–water partition coefficient (Wildman–Crippen LogP) is 1.74. The first kappa shape index (κ1) is 13.3. The summed E-state index contributed by atoms with van der Waals surface area (Å²) in [5.74, 6) is -0.541. The summed E-state index contributed by atoms with van der Waals surface area (Å²) in [7, 11) is 0. The largest absolute Gasteiger partial charge is 0.332 e. The monoisotopic (exact) mass is 260 g/mol. The molecule has 0 bridgehead atoms. The van der Waals surface area contributed by atoms with Crippen LogP contribution in [0, 0.1) is 6.92 Å². The van der Waals surface area contributed by atoms with Gasteiger partial charge in [0, 0.05) is 5.69 Å². The smallest absolute Gasteiger partial charge is 0.298 e. The van der Waals surface area contributed by atoms with Crippen LogP contribution >= 0.6 is 0 Å². The van der Waals surface area contributed by atoms with E-state index >= 15 is 0 Å². The third-order valence-electron chi connectivity index (χ3n) is 3.14. The Labute approximate surface area is 111 Å². The highest BCUT2D eigenvalue weighted by Crippen LogP contribution is 2.25. The van der Waals surface area contributed by atoms with Gasteiger partial charge in [0.25, 0.3) is 5.91 Å². The Balaban J connectivity index is 2.32. The molecular formula is C14H16N2O3. The van der Waals surface area contributed by atoms with E-state index in [1.807, 2.05) is 19.1 Å². The van der Waals surface area contributed by atoms with Crippen LogP contribution in [-0.4, -0.2) is 35.2 Å². The first-order chi connectivity index (χ1) is 8.91. The number of ketones is 1. The highest BCUT2D eigenvalue weighted by molar-refractivity contribution is 6.15. The molecule has 1 aromatic carbocycles.